The normalized spacial score (nSPS) is 26.7. The molecule has 2 fully saturated rings. The number of carbonyl (C=O) groups excluding carboxylic acids is 1. The highest BCUT2D eigenvalue weighted by atomic mass is 32.1. The third-order valence-electron chi connectivity index (χ3n) is 4.41. The molecule has 0 saturated carbocycles. The van der Waals surface area contributed by atoms with Gasteiger partial charge in [0.15, 0.2) is 5.82 Å². The molecule has 3 atom stereocenters. The lowest BCUT2D eigenvalue weighted by Crippen LogP contribution is -2.31. The minimum absolute atomic E-state index is 0.0106. The first kappa shape index (κ1) is 14.8. The average molecular weight is 334 g/mol. The van der Waals surface area contributed by atoms with Crippen LogP contribution in [-0.4, -0.2) is 51.2 Å². The first-order valence-corrected chi connectivity index (χ1v) is 8.62. The number of likely N-dealkylation sites (tertiary alicyclic amines) is 1. The summed E-state index contributed by atoms with van der Waals surface area (Å²) in [5.41, 5.74) is 0.547. The van der Waals surface area contributed by atoms with E-state index in [1.165, 1.54) is 11.3 Å². The van der Waals surface area contributed by atoms with E-state index in [2.05, 4.69) is 15.1 Å². The Bertz CT molecular complexity index is 714. The number of hydrogen-bond donors (Lipinski definition) is 0. The summed E-state index contributed by atoms with van der Waals surface area (Å²) in [4.78, 5) is 22.8. The average Bonchev–Trinajstić information content (AvgIpc) is 3.23. The number of rotatable bonds is 3. The molecule has 4 rings (SSSR count). The highest BCUT2D eigenvalue weighted by Gasteiger charge is 2.44. The highest BCUT2D eigenvalue weighted by Crippen LogP contribution is 2.34. The molecule has 7 nitrogen and oxygen atoms in total. The van der Waals surface area contributed by atoms with Gasteiger partial charge in [-0.25, -0.2) is 4.98 Å². The van der Waals surface area contributed by atoms with Crippen molar-refractivity contribution in [2.24, 2.45) is 5.92 Å². The van der Waals surface area contributed by atoms with Gasteiger partial charge < -0.3 is 14.2 Å². The van der Waals surface area contributed by atoms with Crippen LogP contribution in [0.15, 0.2) is 9.90 Å². The Morgan fingerprint density at radius 2 is 2.26 bits per heavy atom. The van der Waals surface area contributed by atoms with Gasteiger partial charge in [0.1, 0.15) is 5.69 Å². The van der Waals surface area contributed by atoms with Crippen LogP contribution in [0.2, 0.25) is 0 Å². The van der Waals surface area contributed by atoms with Crippen molar-refractivity contribution >= 4 is 17.2 Å². The zero-order valence-electron chi connectivity index (χ0n) is 13.1. The van der Waals surface area contributed by atoms with Gasteiger partial charge in [-0.2, -0.15) is 4.98 Å². The van der Waals surface area contributed by atoms with Gasteiger partial charge >= 0.3 is 0 Å². The summed E-state index contributed by atoms with van der Waals surface area (Å²) in [5, 5.41) is 6.54. The number of fused-ring (bicyclic) bond motifs is 1. The minimum atomic E-state index is 0.0106. The largest absolute Gasteiger partial charge is 0.372 e. The molecule has 2 aliphatic heterocycles. The monoisotopic (exact) mass is 334 g/mol. The predicted octanol–water partition coefficient (Wildman–Crippen LogP) is 1.62. The zero-order chi connectivity index (χ0) is 16.0. The molecule has 2 saturated heterocycles. The zero-order valence-corrected chi connectivity index (χ0v) is 13.9. The lowest BCUT2D eigenvalue weighted by atomic mass is 10.0. The number of carbonyl (C=O) groups is 1. The van der Waals surface area contributed by atoms with Crippen LogP contribution in [0.25, 0.3) is 0 Å². The predicted molar refractivity (Wildman–Crippen MR) is 82.3 cm³/mol. The van der Waals surface area contributed by atoms with Gasteiger partial charge in [0.2, 0.25) is 5.89 Å². The summed E-state index contributed by atoms with van der Waals surface area (Å²) >= 11 is 1.50. The Kier molecular flexibility index (Phi) is 3.65. The maximum Gasteiger partial charge on any atom is 0.273 e. The molecule has 0 spiro atoms. The van der Waals surface area contributed by atoms with Gasteiger partial charge in [-0.3, -0.25) is 4.79 Å². The van der Waals surface area contributed by atoms with Crippen LogP contribution in [0, 0.1) is 19.8 Å². The van der Waals surface area contributed by atoms with E-state index < -0.39 is 0 Å². The number of ether oxygens (including phenoxy) is 1. The number of amides is 1. The van der Waals surface area contributed by atoms with Gasteiger partial charge in [-0.15, -0.1) is 11.3 Å². The summed E-state index contributed by atoms with van der Waals surface area (Å²) < 4.78 is 11.2. The fourth-order valence-corrected chi connectivity index (χ4v) is 3.99. The standard InChI is InChI=1S/C15H18N4O3S/c1-8-16-14(22-18-8)4-11-3-10-5-19(6-13(10)21-11)15(20)12-7-23-9(2)17-12/h7,10-11,13H,3-6H2,1-2H3/t10-,11+,13+/m0/s1. The van der Waals surface area contributed by atoms with Crippen LogP contribution in [-0.2, 0) is 11.2 Å². The molecular formula is C15H18N4O3S. The van der Waals surface area contributed by atoms with Crippen LogP contribution < -0.4 is 0 Å². The van der Waals surface area contributed by atoms with E-state index in [9.17, 15) is 4.79 Å². The molecule has 2 aromatic rings. The fraction of sp³-hybridized carbons (Fsp3) is 0.600. The molecule has 2 aromatic heterocycles. The summed E-state index contributed by atoms with van der Waals surface area (Å²) in [6.45, 7) is 5.09. The number of hydrogen-bond acceptors (Lipinski definition) is 7. The van der Waals surface area contributed by atoms with Crippen LogP contribution in [0.5, 0.6) is 0 Å². The first-order valence-electron chi connectivity index (χ1n) is 7.74. The van der Waals surface area contributed by atoms with E-state index in [1.807, 2.05) is 17.2 Å². The molecule has 1 amide bonds. The van der Waals surface area contributed by atoms with E-state index in [0.717, 1.165) is 18.0 Å². The van der Waals surface area contributed by atoms with Gasteiger partial charge in [-0.1, -0.05) is 5.16 Å². The quantitative estimate of drug-likeness (QED) is 0.848. The van der Waals surface area contributed by atoms with Gasteiger partial charge in [0.25, 0.3) is 5.91 Å². The first-order chi connectivity index (χ1) is 11.1. The Morgan fingerprint density at radius 1 is 1.39 bits per heavy atom. The number of nitrogens with zero attached hydrogens (tertiary/aromatic N) is 4. The van der Waals surface area contributed by atoms with E-state index in [-0.39, 0.29) is 18.1 Å². The molecule has 0 aliphatic carbocycles. The second-order valence-corrected chi connectivity index (χ2v) is 7.26. The van der Waals surface area contributed by atoms with Crippen LogP contribution in [0.4, 0.5) is 0 Å². The maximum atomic E-state index is 12.4. The van der Waals surface area contributed by atoms with Crippen molar-refractivity contribution in [1.29, 1.82) is 0 Å². The van der Waals surface area contributed by atoms with Crippen LogP contribution in [0.1, 0.15) is 33.6 Å². The van der Waals surface area contributed by atoms with E-state index in [4.69, 9.17) is 9.26 Å². The number of aryl methyl sites for hydroxylation is 2. The Morgan fingerprint density at radius 3 is 2.91 bits per heavy atom. The SMILES string of the molecule is Cc1noc(C[C@H]2C[C@H]3CN(C(=O)c4csc(C)n4)C[C@H]3O2)n1. The van der Waals surface area contributed by atoms with Crippen molar-refractivity contribution in [3.8, 4) is 0 Å². The number of thiazole rings is 1. The van der Waals surface area contributed by atoms with Gasteiger partial charge in [0, 0.05) is 24.4 Å². The summed E-state index contributed by atoms with van der Waals surface area (Å²) in [6, 6.07) is 0. The summed E-state index contributed by atoms with van der Waals surface area (Å²) in [6.07, 6.45) is 1.77. The molecule has 0 unspecified atom stereocenters. The Balaban J connectivity index is 1.35. The third kappa shape index (κ3) is 2.88. The lowest BCUT2D eigenvalue weighted by Gasteiger charge is -2.18. The number of aromatic nitrogens is 3. The van der Waals surface area contributed by atoms with Crippen molar-refractivity contribution in [2.45, 2.75) is 38.9 Å². The van der Waals surface area contributed by atoms with Gasteiger partial charge in [-0.05, 0) is 20.3 Å². The molecule has 0 aromatic carbocycles. The van der Waals surface area contributed by atoms with Crippen molar-refractivity contribution in [3.05, 3.63) is 27.8 Å². The fourth-order valence-electron chi connectivity index (χ4n) is 3.40. The molecule has 0 N–H and O–H groups in total. The second kappa shape index (κ2) is 5.68. The smallest absolute Gasteiger partial charge is 0.273 e. The Hall–Kier alpha value is -1.80. The van der Waals surface area contributed by atoms with Crippen LogP contribution in [0.3, 0.4) is 0 Å². The van der Waals surface area contributed by atoms with Crippen LogP contribution >= 0.6 is 11.3 Å². The summed E-state index contributed by atoms with van der Waals surface area (Å²) in [7, 11) is 0. The molecule has 23 heavy (non-hydrogen) atoms. The van der Waals surface area contributed by atoms with E-state index in [0.29, 0.717) is 36.3 Å². The lowest BCUT2D eigenvalue weighted by molar-refractivity contribution is 0.0329. The van der Waals surface area contributed by atoms with E-state index >= 15 is 0 Å². The third-order valence-corrected chi connectivity index (χ3v) is 5.18. The topological polar surface area (TPSA) is 81.4 Å². The molecule has 0 radical (unpaired) electrons. The maximum absolute atomic E-state index is 12.4. The van der Waals surface area contributed by atoms with Gasteiger partial charge in [0.05, 0.1) is 23.6 Å². The second-order valence-electron chi connectivity index (χ2n) is 6.19. The van der Waals surface area contributed by atoms with Crippen molar-refractivity contribution in [2.75, 3.05) is 13.1 Å². The summed E-state index contributed by atoms with van der Waals surface area (Å²) in [5.74, 6) is 1.66. The van der Waals surface area contributed by atoms with E-state index in [1.54, 1.807) is 6.92 Å². The van der Waals surface area contributed by atoms with Crippen molar-refractivity contribution < 1.29 is 14.1 Å². The molecule has 0 bridgehead atoms. The molecule has 2 aliphatic rings. The molecule has 122 valence electrons. The van der Waals surface area contributed by atoms with Crippen molar-refractivity contribution in [3.63, 3.8) is 0 Å². The highest BCUT2D eigenvalue weighted by molar-refractivity contribution is 7.09. The Labute approximate surface area is 137 Å². The van der Waals surface area contributed by atoms with Crippen molar-refractivity contribution in [1.82, 2.24) is 20.0 Å². The molecule has 8 heteroatoms. The molecule has 4 heterocycles. The molecular weight excluding hydrogens is 316 g/mol. The minimum Gasteiger partial charge on any atom is -0.372 e.